The minimum atomic E-state index is 0.693. The molecule has 0 aromatic heterocycles. The number of aryl methyl sites for hydroxylation is 1. The van der Waals surface area contributed by atoms with Crippen LogP contribution < -0.4 is 5.32 Å². The molecule has 1 aromatic carbocycles. The van der Waals surface area contributed by atoms with Crippen LogP contribution in [0.5, 0.6) is 0 Å². The molecule has 0 saturated heterocycles. The Morgan fingerprint density at radius 3 is 2.59 bits per heavy atom. The van der Waals surface area contributed by atoms with Gasteiger partial charge in [-0.15, -0.1) is 11.8 Å². The molecule has 0 spiro atoms. The first-order valence-corrected chi connectivity index (χ1v) is 7.69. The van der Waals surface area contributed by atoms with Gasteiger partial charge in [-0.3, -0.25) is 0 Å². The Morgan fingerprint density at radius 2 is 2.00 bits per heavy atom. The monoisotopic (exact) mass is 249 g/mol. The maximum atomic E-state index is 3.61. The Labute approximate surface area is 109 Å². The number of benzene rings is 1. The van der Waals surface area contributed by atoms with Crippen LogP contribution in [0.4, 0.5) is 0 Å². The molecule has 2 heteroatoms. The van der Waals surface area contributed by atoms with Crippen LogP contribution in [0, 0.1) is 12.8 Å². The van der Waals surface area contributed by atoms with Gasteiger partial charge in [0.05, 0.1) is 0 Å². The second-order valence-corrected chi connectivity index (χ2v) is 6.15. The highest BCUT2D eigenvalue weighted by atomic mass is 32.2. The van der Waals surface area contributed by atoms with Gasteiger partial charge in [0.1, 0.15) is 0 Å². The SMILES string of the molecule is CCNC(CSc1ccc(C)cc1)CC1CC1. The molecule has 1 atom stereocenters. The van der Waals surface area contributed by atoms with E-state index in [0.29, 0.717) is 6.04 Å². The van der Waals surface area contributed by atoms with E-state index in [2.05, 4.69) is 43.4 Å². The molecule has 2 rings (SSSR count). The van der Waals surface area contributed by atoms with Gasteiger partial charge in [0, 0.05) is 16.7 Å². The molecule has 1 aliphatic rings. The van der Waals surface area contributed by atoms with Crippen LogP contribution in [-0.2, 0) is 0 Å². The van der Waals surface area contributed by atoms with Crippen LogP contribution in [0.15, 0.2) is 29.2 Å². The van der Waals surface area contributed by atoms with E-state index in [-0.39, 0.29) is 0 Å². The first-order valence-electron chi connectivity index (χ1n) is 6.70. The molecule has 0 radical (unpaired) electrons. The number of thioether (sulfide) groups is 1. The van der Waals surface area contributed by atoms with Crippen molar-refractivity contribution in [1.29, 1.82) is 0 Å². The quantitative estimate of drug-likeness (QED) is 0.736. The second kappa shape index (κ2) is 6.46. The number of hydrogen-bond donors (Lipinski definition) is 1. The molecule has 1 aliphatic carbocycles. The molecule has 1 nitrogen and oxygen atoms in total. The summed E-state index contributed by atoms with van der Waals surface area (Å²) >= 11 is 1.98. The van der Waals surface area contributed by atoms with Crippen LogP contribution in [0.1, 0.15) is 31.7 Å². The first kappa shape index (κ1) is 13.0. The van der Waals surface area contributed by atoms with Crippen molar-refractivity contribution in [3.05, 3.63) is 29.8 Å². The van der Waals surface area contributed by atoms with Gasteiger partial charge in [-0.25, -0.2) is 0 Å². The van der Waals surface area contributed by atoms with Gasteiger partial charge < -0.3 is 5.32 Å². The molecule has 1 aromatic rings. The molecule has 0 heterocycles. The predicted octanol–water partition coefficient (Wildman–Crippen LogP) is 3.87. The van der Waals surface area contributed by atoms with Gasteiger partial charge in [0.2, 0.25) is 0 Å². The molecule has 94 valence electrons. The molecule has 1 unspecified atom stereocenters. The van der Waals surface area contributed by atoms with E-state index in [4.69, 9.17) is 0 Å². The summed E-state index contributed by atoms with van der Waals surface area (Å²) in [5, 5.41) is 3.61. The normalized spacial score (nSPS) is 17.1. The van der Waals surface area contributed by atoms with Crippen molar-refractivity contribution in [2.45, 2.75) is 44.0 Å². The van der Waals surface area contributed by atoms with E-state index in [1.165, 1.54) is 35.5 Å². The Bertz CT molecular complexity index is 329. The highest BCUT2D eigenvalue weighted by molar-refractivity contribution is 7.99. The van der Waals surface area contributed by atoms with E-state index in [9.17, 15) is 0 Å². The summed E-state index contributed by atoms with van der Waals surface area (Å²) in [5.74, 6) is 2.21. The van der Waals surface area contributed by atoms with Crippen molar-refractivity contribution in [3.63, 3.8) is 0 Å². The fourth-order valence-corrected chi connectivity index (χ4v) is 3.06. The lowest BCUT2D eigenvalue weighted by Gasteiger charge is -2.17. The maximum Gasteiger partial charge on any atom is 0.0164 e. The fourth-order valence-electron chi connectivity index (χ4n) is 2.09. The van der Waals surface area contributed by atoms with Crippen LogP contribution in [-0.4, -0.2) is 18.3 Å². The highest BCUT2D eigenvalue weighted by Gasteiger charge is 2.24. The molecule has 0 aliphatic heterocycles. The standard InChI is InChI=1S/C15H23NS/c1-3-16-14(10-13-6-7-13)11-17-15-8-4-12(2)5-9-15/h4-5,8-9,13-14,16H,3,6-7,10-11H2,1-2H3. The molecule has 0 bridgehead atoms. The van der Waals surface area contributed by atoms with Crippen LogP contribution in [0.2, 0.25) is 0 Å². The summed E-state index contributed by atoms with van der Waals surface area (Å²) in [5.41, 5.74) is 1.34. The minimum Gasteiger partial charge on any atom is -0.313 e. The van der Waals surface area contributed by atoms with Gasteiger partial charge in [0.25, 0.3) is 0 Å². The summed E-state index contributed by atoms with van der Waals surface area (Å²) < 4.78 is 0. The number of nitrogens with one attached hydrogen (secondary N) is 1. The lowest BCUT2D eigenvalue weighted by molar-refractivity contribution is 0.508. The van der Waals surface area contributed by atoms with Crippen LogP contribution in [0.3, 0.4) is 0 Å². The van der Waals surface area contributed by atoms with E-state index >= 15 is 0 Å². The van der Waals surface area contributed by atoms with Crippen molar-refractivity contribution >= 4 is 11.8 Å². The topological polar surface area (TPSA) is 12.0 Å². The van der Waals surface area contributed by atoms with Crippen molar-refractivity contribution in [1.82, 2.24) is 5.32 Å². The average molecular weight is 249 g/mol. The van der Waals surface area contributed by atoms with Crippen molar-refractivity contribution in [2.24, 2.45) is 5.92 Å². The molecule has 17 heavy (non-hydrogen) atoms. The number of hydrogen-bond acceptors (Lipinski definition) is 2. The van der Waals surface area contributed by atoms with Crippen LogP contribution in [0.25, 0.3) is 0 Å². The Balaban J connectivity index is 1.78. The van der Waals surface area contributed by atoms with Crippen molar-refractivity contribution < 1.29 is 0 Å². The van der Waals surface area contributed by atoms with Crippen LogP contribution >= 0.6 is 11.8 Å². The Morgan fingerprint density at radius 1 is 1.29 bits per heavy atom. The molecule has 1 N–H and O–H groups in total. The molecule has 1 fully saturated rings. The maximum absolute atomic E-state index is 3.61. The third-order valence-electron chi connectivity index (χ3n) is 3.28. The van der Waals surface area contributed by atoms with Gasteiger partial charge in [-0.05, 0) is 37.9 Å². The van der Waals surface area contributed by atoms with Gasteiger partial charge in [-0.1, -0.05) is 37.5 Å². The fraction of sp³-hybridized carbons (Fsp3) is 0.600. The van der Waals surface area contributed by atoms with Crippen molar-refractivity contribution in [3.8, 4) is 0 Å². The molecular weight excluding hydrogens is 226 g/mol. The van der Waals surface area contributed by atoms with E-state index in [0.717, 1.165) is 12.5 Å². The summed E-state index contributed by atoms with van der Waals surface area (Å²) in [6, 6.07) is 9.57. The largest absolute Gasteiger partial charge is 0.313 e. The zero-order valence-electron chi connectivity index (χ0n) is 10.9. The highest BCUT2D eigenvalue weighted by Crippen LogP contribution is 2.34. The van der Waals surface area contributed by atoms with E-state index in [1.54, 1.807) is 0 Å². The lowest BCUT2D eigenvalue weighted by Crippen LogP contribution is -2.31. The zero-order chi connectivity index (χ0) is 12.1. The summed E-state index contributed by atoms with van der Waals surface area (Å²) in [6.45, 7) is 5.44. The predicted molar refractivity (Wildman–Crippen MR) is 76.7 cm³/mol. The summed E-state index contributed by atoms with van der Waals surface area (Å²) in [4.78, 5) is 1.40. The second-order valence-electron chi connectivity index (χ2n) is 5.06. The first-order chi connectivity index (χ1) is 8.28. The smallest absolute Gasteiger partial charge is 0.0164 e. The van der Waals surface area contributed by atoms with Gasteiger partial charge in [-0.2, -0.15) is 0 Å². The lowest BCUT2D eigenvalue weighted by atomic mass is 10.1. The number of rotatable bonds is 7. The average Bonchev–Trinajstić information content (AvgIpc) is 3.12. The minimum absolute atomic E-state index is 0.693. The van der Waals surface area contributed by atoms with Crippen molar-refractivity contribution in [2.75, 3.05) is 12.3 Å². The summed E-state index contributed by atoms with van der Waals surface area (Å²) in [7, 11) is 0. The van der Waals surface area contributed by atoms with E-state index < -0.39 is 0 Å². The third kappa shape index (κ3) is 4.72. The summed E-state index contributed by atoms with van der Waals surface area (Å²) in [6.07, 6.45) is 4.28. The molecule has 1 saturated carbocycles. The van der Waals surface area contributed by atoms with Gasteiger partial charge >= 0.3 is 0 Å². The Hall–Kier alpha value is -0.470. The third-order valence-corrected chi connectivity index (χ3v) is 4.45. The zero-order valence-corrected chi connectivity index (χ0v) is 11.7. The van der Waals surface area contributed by atoms with E-state index in [1.807, 2.05) is 11.8 Å². The molecular formula is C15H23NS. The molecule has 0 amide bonds. The Kier molecular flexibility index (Phi) is 4.93. The van der Waals surface area contributed by atoms with Gasteiger partial charge in [0.15, 0.2) is 0 Å².